The Morgan fingerprint density at radius 3 is 2.45 bits per heavy atom. The Kier molecular flexibility index (Phi) is 10.0. The summed E-state index contributed by atoms with van der Waals surface area (Å²) in [6, 6.07) is 23.3. The molecule has 0 atom stereocenters. The minimum atomic E-state index is 0.395. The number of rotatable bonds is 11. The lowest BCUT2D eigenvalue weighted by Crippen LogP contribution is -2.31. The van der Waals surface area contributed by atoms with Crippen molar-refractivity contribution >= 4 is 39.5 Å². The van der Waals surface area contributed by atoms with Gasteiger partial charge < -0.3 is 19.5 Å². The van der Waals surface area contributed by atoms with E-state index in [-0.39, 0.29) is 0 Å². The van der Waals surface area contributed by atoms with Crippen LogP contribution in [0.25, 0.3) is 0 Å². The Hall–Kier alpha value is -3.10. The largest absolute Gasteiger partial charge is 0.490 e. The Morgan fingerprint density at radius 2 is 1.70 bits per heavy atom. The van der Waals surface area contributed by atoms with Gasteiger partial charge in [-0.1, -0.05) is 46.3 Å². The third-order valence-electron chi connectivity index (χ3n) is 4.37. The van der Waals surface area contributed by atoms with Crippen LogP contribution in [0.2, 0.25) is 0 Å². The number of nitrogens with zero attached hydrogens (tertiary/aromatic N) is 1. The zero-order chi connectivity index (χ0) is 23.3. The van der Waals surface area contributed by atoms with Gasteiger partial charge in [0.1, 0.15) is 19.0 Å². The molecule has 0 fully saturated rings. The van der Waals surface area contributed by atoms with Gasteiger partial charge in [-0.05, 0) is 72.7 Å². The first-order valence-electron chi connectivity index (χ1n) is 10.5. The van der Waals surface area contributed by atoms with Gasteiger partial charge in [-0.15, -0.1) is 0 Å². The number of hydrazone groups is 1. The molecule has 0 bridgehead atoms. The van der Waals surface area contributed by atoms with Crippen molar-refractivity contribution in [3.05, 3.63) is 88.4 Å². The van der Waals surface area contributed by atoms with Gasteiger partial charge in [-0.25, -0.2) is 0 Å². The lowest BCUT2D eigenvalue weighted by molar-refractivity contribution is 0.208. The normalized spacial score (nSPS) is 10.6. The number of nitrogens with one attached hydrogen (secondary N) is 2. The molecule has 3 aromatic carbocycles. The summed E-state index contributed by atoms with van der Waals surface area (Å²) in [7, 11) is 0. The zero-order valence-electron chi connectivity index (χ0n) is 18.3. The highest BCUT2D eigenvalue weighted by Crippen LogP contribution is 2.28. The Morgan fingerprint density at radius 1 is 0.939 bits per heavy atom. The summed E-state index contributed by atoms with van der Waals surface area (Å²) in [5, 5.41) is 7.77. The van der Waals surface area contributed by atoms with Gasteiger partial charge in [-0.3, -0.25) is 5.43 Å². The molecule has 6 nitrogen and oxygen atoms in total. The van der Waals surface area contributed by atoms with Crippen molar-refractivity contribution < 1.29 is 14.2 Å². The topological polar surface area (TPSA) is 64.1 Å². The van der Waals surface area contributed by atoms with E-state index in [2.05, 4.69) is 31.8 Å². The first kappa shape index (κ1) is 24.5. The lowest BCUT2D eigenvalue weighted by atomic mass is 10.2. The van der Waals surface area contributed by atoms with Crippen LogP contribution in [-0.4, -0.2) is 31.1 Å². The van der Waals surface area contributed by atoms with Gasteiger partial charge in [-0.2, -0.15) is 5.10 Å². The van der Waals surface area contributed by atoms with Crippen molar-refractivity contribution in [2.45, 2.75) is 13.5 Å². The smallest absolute Gasteiger partial charge is 0.187 e. The number of ether oxygens (including phenoxy) is 3. The molecule has 0 heterocycles. The average molecular weight is 528 g/mol. The number of thiocarbonyl (C=S) groups is 1. The van der Waals surface area contributed by atoms with Crippen molar-refractivity contribution in [2.24, 2.45) is 5.10 Å². The van der Waals surface area contributed by atoms with Crippen LogP contribution >= 0.6 is 28.1 Å². The van der Waals surface area contributed by atoms with Crippen molar-refractivity contribution in [1.29, 1.82) is 0 Å². The maximum atomic E-state index is 5.86. The molecule has 0 aromatic heterocycles. The molecule has 3 rings (SSSR count). The van der Waals surface area contributed by atoms with Gasteiger partial charge >= 0.3 is 0 Å². The van der Waals surface area contributed by atoms with E-state index >= 15 is 0 Å². The van der Waals surface area contributed by atoms with Crippen LogP contribution in [-0.2, 0) is 6.54 Å². The highest BCUT2D eigenvalue weighted by atomic mass is 79.9. The summed E-state index contributed by atoms with van der Waals surface area (Å²) in [6.07, 6.45) is 1.68. The number of benzene rings is 3. The Balaban J connectivity index is 1.47. The van der Waals surface area contributed by atoms with Gasteiger partial charge in [0.15, 0.2) is 16.6 Å². The van der Waals surface area contributed by atoms with Crippen molar-refractivity contribution in [1.82, 2.24) is 10.7 Å². The molecular weight excluding hydrogens is 502 g/mol. The zero-order valence-corrected chi connectivity index (χ0v) is 20.7. The first-order chi connectivity index (χ1) is 16.1. The van der Waals surface area contributed by atoms with E-state index in [0.29, 0.717) is 43.0 Å². The summed E-state index contributed by atoms with van der Waals surface area (Å²) in [5.41, 5.74) is 4.83. The van der Waals surface area contributed by atoms with Crippen molar-refractivity contribution in [3.8, 4) is 17.2 Å². The van der Waals surface area contributed by atoms with Crippen molar-refractivity contribution in [2.75, 3.05) is 19.8 Å². The summed E-state index contributed by atoms with van der Waals surface area (Å²) in [5.74, 6) is 2.10. The number of halogens is 1. The monoisotopic (exact) mass is 527 g/mol. The fourth-order valence-electron chi connectivity index (χ4n) is 2.82. The Bertz CT molecular complexity index is 1050. The van der Waals surface area contributed by atoms with E-state index < -0.39 is 0 Å². The van der Waals surface area contributed by atoms with Crippen molar-refractivity contribution in [3.63, 3.8) is 0 Å². The quantitative estimate of drug-likeness (QED) is 0.152. The average Bonchev–Trinajstić information content (AvgIpc) is 2.83. The van der Waals surface area contributed by atoms with Crippen LogP contribution in [0.15, 0.2) is 82.4 Å². The molecule has 0 aliphatic rings. The van der Waals surface area contributed by atoms with Gasteiger partial charge in [0.2, 0.25) is 0 Å². The minimum absolute atomic E-state index is 0.395. The molecular formula is C25H26BrN3O3S. The second kappa shape index (κ2) is 13.4. The predicted molar refractivity (Wildman–Crippen MR) is 139 cm³/mol. The number of hydrogen-bond acceptors (Lipinski definition) is 5. The van der Waals surface area contributed by atoms with Gasteiger partial charge in [0, 0.05) is 11.0 Å². The second-order valence-corrected chi connectivity index (χ2v) is 8.15. The van der Waals surface area contributed by atoms with Crippen LogP contribution in [0.3, 0.4) is 0 Å². The molecule has 8 heteroatoms. The molecule has 0 saturated carbocycles. The third kappa shape index (κ3) is 8.75. The Labute approximate surface area is 208 Å². The van der Waals surface area contributed by atoms with E-state index in [4.69, 9.17) is 26.4 Å². The standard InChI is InChI=1S/C25H26BrN3O3S/c1-2-30-24-16-20(18-28-29-25(33)27-17-19-6-4-3-5-7-19)8-13-23(24)32-15-14-31-22-11-9-21(26)10-12-22/h3-13,16,18H,2,14-15,17H2,1H3,(H2,27,29,33)/b28-18-. The van der Waals surface area contributed by atoms with Crippen LogP contribution < -0.4 is 25.0 Å². The number of hydrogen-bond donors (Lipinski definition) is 2. The van der Waals surface area contributed by atoms with Crippen LogP contribution in [0.1, 0.15) is 18.1 Å². The predicted octanol–water partition coefficient (Wildman–Crippen LogP) is 5.30. The highest BCUT2D eigenvalue weighted by molar-refractivity contribution is 9.10. The molecule has 0 amide bonds. The molecule has 0 radical (unpaired) electrons. The first-order valence-corrected chi connectivity index (χ1v) is 11.7. The second-order valence-electron chi connectivity index (χ2n) is 6.83. The van der Waals surface area contributed by atoms with E-state index in [0.717, 1.165) is 21.3 Å². The van der Waals surface area contributed by atoms with Gasteiger partial charge in [0.05, 0.1) is 12.8 Å². The molecule has 0 spiro atoms. The lowest BCUT2D eigenvalue weighted by Gasteiger charge is -2.13. The molecule has 2 N–H and O–H groups in total. The SMILES string of the molecule is CCOc1cc(/C=N\NC(=S)NCc2ccccc2)ccc1OCCOc1ccc(Br)cc1. The molecule has 0 aliphatic carbocycles. The van der Waals surface area contributed by atoms with E-state index in [1.165, 1.54) is 0 Å². The van der Waals surface area contributed by atoms with Crippen LogP contribution in [0.5, 0.6) is 17.2 Å². The van der Waals surface area contributed by atoms with Gasteiger partial charge in [0.25, 0.3) is 0 Å². The van der Waals surface area contributed by atoms with Crippen LogP contribution in [0.4, 0.5) is 0 Å². The molecule has 33 heavy (non-hydrogen) atoms. The molecule has 0 saturated heterocycles. The fraction of sp³-hybridized carbons (Fsp3) is 0.200. The van der Waals surface area contributed by atoms with E-state index in [1.807, 2.05) is 79.7 Å². The summed E-state index contributed by atoms with van der Waals surface area (Å²) >= 11 is 8.67. The highest BCUT2D eigenvalue weighted by Gasteiger charge is 2.06. The maximum absolute atomic E-state index is 5.86. The molecule has 0 unspecified atom stereocenters. The maximum Gasteiger partial charge on any atom is 0.187 e. The summed E-state index contributed by atoms with van der Waals surface area (Å²) in [4.78, 5) is 0. The molecule has 172 valence electrons. The summed E-state index contributed by atoms with van der Waals surface area (Å²) < 4.78 is 18.3. The third-order valence-corrected chi connectivity index (χ3v) is 5.13. The fourth-order valence-corrected chi connectivity index (χ4v) is 3.21. The molecule has 3 aromatic rings. The van der Waals surface area contributed by atoms with E-state index in [1.54, 1.807) is 6.21 Å². The van der Waals surface area contributed by atoms with Crippen LogP contribution in [0, 0.1) is 0 Å². The summed E-state index contributed by atoms with van der Waals surface area (Å²) in [6.45, 7) is 3.91. The minimum Gasteiger partial charge on any atom is -0.490 e. The molecule has 0 aliphatic heterocycles. The van der Waals surface area contributed by atoms with E-state index in [9.17, 15) is 0 Å².